The monoisotopic (exact) mass is 379 g/mol. The van der Waals surface area contributed by atoms with Crippen LogP contribution in [0.15, 0.2) is 48.5 Å². The highest BCUT2D eigenvalue weighted by Crippen LogP contribution is 2.35. The fourth-order valence-electron chi connectivity index (χ4n) is 2.75. The number of hydrogen-bond acceptors (Lipinski definition) is 2. The summed E-state index contributed by atoms with van der Waals surface area (Å²) in [6, 6.07) is 13.0. The van der Waals surface area contributed by atoms with Crippen LogP contribution in [-0.2, 0) is 17.4 Å². The molecule has 0 aliphatic carbocycles. The van der Waals surface area contributed by atoms with Gasteiger partial charge in [-0.2, -0.15) is 13.2 Å². The van der Waals surface area contributed by atoms with Crippen LogP contribution in [0.2, 0.25) is 0 Å². The van der Waals surface area contributed by atoms with Crippen molar-refractivity contribution in [3.05, 3.63) is 59.7 Å². The Morgan fingerprint density at radius 3 is 2.30 bits per heavy atom. The molecule has 0 aliphatic heterocycles. The van der Waals surface area contributed by atoms with E-state index in [2.05, 4.69) is 5.32 Å². The van der Waals surface area contributed by atoms with E-state index in [1.54, 1.807) is 6.07 Å². The molecule has 2 rings (SSSR count). The van der Waals surface area contributed by atoms with Crippen LogP contribution >= 0.6 is 0 Å². The third-order valence-corrected chi connectivity index (χ3v) is 4.08. The minimum atomic E-state index is -4.40. The maximum absolute atomic E-state index is 12.9. The Kier molecular flexibility index (Phi) is 7.70. The Balaban J connectivity index is 1.64. The first-order valence-electron chi connectivity index (χ1n) is 9.02. The van der Waals surface area contributed by atoms with Crippen LogP contribution in [0, 0.1) is 0 Å². The van der Waals surface area contributed by atoms with Crippen LogP contribution < -0.4 is 10.1 Å². The maximum atomic E-state index is 12.9. The number of ether oxygens (including phenoxy) is 1. The molecule has 0 unspecified atom stereocenters. The van der Waals surface area contributed by atoms with E-state index >= 15 is 0 Å². The van der Waals surface area contributed by atoms with Crippen molar-refractivity contribution >= 4 is 11.6 Å². The Bertz CT molecular complexity index is 727. The summed E-state index contributed by atoms with van der Waals surface area (Å²) in [7, 11) is 0. The Morgan fingerprint density at radius 1 is 0.963 bits per heavy atom. The van der Waals surface area contributed by atoms with Crippen LogP contribution in [0.3, 0.4) is 0 Å². The van der Waals surface area contributed by atoms with E-state index in [9.17, 15) is 18.0 Å². The standard InChI is InChI=1S/C21H24F3NO2/c1-16(26)25-18-13-11-17(12-14-18)8-4-2-3-7-15-27-20-10-6-5-9-19(20)21(22,23)24/h5-6,9-14H,2-4,7-8,15H2,1H3,(H,25,26). The van der Waals surface area contributed by atoms with Gasteiger partial charge in [-0.1, -0.05) is 37.1 Å². The number of carbonyl (C=O) groups is 1. The summed E-state index contributed by atoms with van der Waals surface area (Å²) in [5.41, 5.74) is 1.25. The van der Waals surface area contributed by atoms with Gasteiger partial charge >= 0.3 is 6.18 Å². The largest absolute Gasteiger partial charge is 0.493 e. The van der Waals surface area contributed by atoms with Crippen molar-refractivity contribution in [3.8, 4) is 5.75 Å². The van der Waals surface area contributed by atoms with Crippen LogP contribution in [0.5, 0.6) is 5.75 Å². The van der Waals surface area contributed by atoms with E-state index in [-0.39, 0.29) is 18.3 Å². The first-order chi connectivity index (χ1) is 12.9. The zero-order chi connectivity index (χ0) is 19.7. The molecular weight excluding hydrogens is 355 g/mol. The minimum Gasteiger partial charge on any atom is -0.493 e. The fraction of sp³-hybridized carbons (Fsp3) is 0.381. The number of halogens is 3. The quantitative estimate of drug-likeness (QED) is 0.555. The minimum absolute atomic E-state index is 0.0946. The number of alkyl halides is 3. The molecule has 146 valence electrons. The first-order valence-corrected chi connectivity index (χ1v) is 9.02. The lowest BCUT2D eigenvalue weighted by Crippen LogP contribution is -2.09. The van der Waals surface area contributed by atoms with Crippen molar-refractivity contribution in [2.75, 3.05) is 11.9 Å². The van der Waals surface area contributed by atoms with Gasteiger partial charge in [0.15, 0.2) is 0 Å². The van der Waals surface area contributed by atoms with E-state index in [1.165, 1.54) is 24.6 Å². The summed E-state index contributed by atoms with van der Waals surface area (Å²) in [5.74, 6) is -0.202. The number of carbonyl (C=O) groups excluding carboxylic acids is 1. The number of aryl methyl sites for hydroxylation is 1. The third-order valence-electron chi connectivity index (χ3n) is 4.08. The molecule has 0 aromatic heterocycles. The molecule has 27 heavy (non-hydrogen) atoms. The molecule has 6 heteroatoms. The highest BCUT2D eigenvalue weighted by Gasteiger charge is 2.33. The second-order valence-electron chi connectivity index (χ2n) is 6.38. The number of amides is 1. The predicted octanol–water partition coefficient (Wildman–Crippen LogP) is 5.85. The zero-order valence-electron chi connectivity index (χ0n) is 15.3. The molecule has 0 aliphatic rings. The zero-order valence-corrected chi connectivity index (χ0v) is 15.3. The van der Waals surface area contributed by atoms with Gasteiger partial charge in [0.05, 0.1) is 12.2 Å². The van der Waals surface area contributed by atoms with E-state index in [4.69, 9.17) is 4.74 Å². The topological polar surface area (TPSA) is 38.3 Å². The SMILES string of the molecule is CC(=O)Nc1ccc(CCCCCCOc2ccccc2C(F)(F)F)cc1. The van der Waals surface area contributed by atoms with E-state index < -0.39 is 11.7 Å². The van der Waals surface area contributed by atoms with Gasteiger partial charge in [-0.3, -0.25) is 4.79 Å². The summed E-state index contributed by atoms with van der Waals surface area (Å²) < 4.78 is 43.9. The molecule has 2 aromatic rings. The van der Waals surface area contributed by atoms with Crippen molar-refractivity contribution in [2.45, 2.75) is 45.2 Å². The van der Waals surface area contributed by atoms with Crippen LogP contribution in [0.4, 0.5) is 18.9 Å². The van der Waals surface area contributed by atoms with E-state index in [0.29, 0.717) is 6.42 Å². The second-order valence-corrected chi connectivity index (χ2v) is 6.38. The Labute approximate surface area is 157 Å². The van der Waals surface area contributed by atoms with Gasteiger partial charge in [-0.25, -0.2) is 0 Å². The van der Waals surface area contributed by atoms with Crippen LogP contribution in [0.25, 0.3) is 0 Å². The lowest BCUT2D eigenvalue weighted by atomic mass is 10.1. The van der Waals surface area contributed by atoms with Crippen molar-refractivity contribution in [1.82, 2.24) is 0 Å². The number of anilines is 1. The number of para-hydroxylation sites is 1. The summed E-state index contributed by atoms with van der Waals surface area (Å²) in [5, 5.41) is 2.73. The van der Waals surface area contributed by atoms with Crippen molar-refractivity contribution < 1.29 is 22.7 Å². The lowest BCUT2D eigenvalue weighted by molar-refractivity contribution is -0.139. The molecule has 3 nitrogen and oxygen atoms in total. The van der Waals surface area contributed by atoms with Gasteiger partial charge in [-0.15, -0.1) is 0 Å². The number of hydrogen-bond donors (Lipinski definition) is 1. The Morgan fingerprint density at radius 2 is 1.63 bits per heavy atom. The lowest BCUT2D eigenvalue weighted by Gasteiger charge is -2.13. The second kappa shape index (κ2) is 10.00. The van der Waals surface area contributed by atoms with Crippen molar-refractivity contribution in [3.63, 3.8) is 0 Å². The molecule has 0 saturated heterocycles. The number of rotatable bonds is 9. The average Bonchev–Trinajstić information content (AvgIpc) is 2.61. The van der Waals surface area contributed by atoms with Gasteiger partial charge in [0.25, 0.3) is 0 Å². The van der Waals surface area contributed by atoms with Crippen LogP contribution in [0.1, 0.15) is 43.7 Å². The molecule has 1 N–H and O–H groups in total. The van der Waals surface area contributed by atoms with Crippen LogP contribution in [-0.4, -0.2) is 12.5 Å². The normalized spacial score (nSPS) is 11.3. The van der Waals surface area contributed by atoms with Gasteiger partial charge < -0.3 is 10.1 Å². The maximum Gasteiger partial charge on any atom is 0.419 e. The molecule has 0 heterocycles. The fourth-order valence-corrected chi connectivity index (χ4v) is 2.75. The number of benzene rings is 2. The summed E-state index contributed by atoms with van der Waals surface area (Å²) in [6.45, 7) is 1.75. The van der Waals surface area contributed by atoms with E-state index in [1.807, 2.05) is 24.3 Å². The van der Waals surface area contributed by atoms with E-state index in [0.717, 1.165) is 37.4 Å². The molecule has 1 amide bonds. The van der Waals surface area contributed by atoms with Crippen molar-refractivity contribution in [2.24, 2.45) is 0 Å². The van der Waals surface area contributed by atoms with Gasteiger partial charge in [0.1, 0.15) is 5.75 Å². The molecule has 2 aromatic carbocycles. The summed E-state index contributed by atoms with van der Waals surface area (Å²) >= 11 is 0. The predicted molar refractivity (Wildman–Crippen MR) is 99.9 cm³/mol. The smallest absolute Gasteiger partial charge is 0.419 e. The highest BCUT2D eigenvalue weighted by molar-refractivity contribution is 5.88. The molecule has 0 spiro atoms. The third kappa shape index (κ3) is 7.33. The van der Waals surface area contributed by atoms with Gasteiger partial charge in [0.2, 0.25) is 5.91 Å². The molecule has 0 radical (unpaired) electrons. The summed E-state index contributed by atoms with van der Waals surface area (Å²) in [6.07, 6.45) is 0.131. The molecule has 0 atom stereocenters. The highest BCUT2D eigenvalue weighted by atomic mass is 19.4. The Hall–Kier alpha value is -2.50. The van der Waals surface area contributed by atoms with Gasteiger partial charge in [0, 0.05) is 12.6 Å². The molecule has 0 saturated carbocycles. The molecule has 0 fully saturated rings. The molecule has 0 bridgehead atoms. The van der Waals surface area contributed by atoms with Crippen molar-refractivity contribution in [1.29, 1.82) is 0 Å². The summed E-state index contributed by atoms with van der Waals surface area (Å²) in [4.78, 5) is 11.0. The van der Waals surface area contributed by atoms with Gasteiger partial charge in [-0.05, 0) is 49.1 Å². The number of unbranched alkanes of at least 4 members (excludes halogenated alkanes) is 3. The average molecular weight is 379 g/mol. The number of nitrogens with one attached hydrogen (secondary N) is 1. The first kappa shape index (κ1) is 20.8. The molecular formula is C21H24F3NO2.